The minimum absolute atomic E-state index is 0.299. The molecule has 3 aromatic rings. The average Bonchev–Trinajstić information content (AvgIpc) is 2.57. The largest absolute Gasteiger partial charge is 0.487 e. The van der Waals surface area contributed by atoms with E-state index in [1.165, 1.54) is 0 Å². The smallest absolute Gasteiger partial charge is 0.146 e. The lowest BCUT2D eigenvalue weighted by Gasteiger charge is -2.12. The van der Waals surface area contributed by atoms with Crippen LogP contribution in [-0.2, 0) is 6.61 Å². The van der Waals surface area contributed by atoms with Crippen molar-refractivity contribution in [3.8, 4) is 17.0 Å². The standard InChI is InChI=1S/C19H15ClFNO/c1-13-6-5-9-15(18(13)21)19-16(10-11-17(20)22-19)23-12-14-7-3-2-4-8-14/h2-11H,12H2,1H3. The maximum Gasteiger partial charge on any atom is 0.146 e. The molecule has 0 aliphatic carbocycles. The van der Waals surface area contributed by atoms with Crippen LogP contribution in [-0.4, -0.2) is 4.98 Å². The molecule has 0 unspecified atom stereocenters. The van der Waals surface area contributed by atoms with Gasteiger partial charge in [0.05, 0.1) is 0 Å². The van der Waals surface area contributed by atoms with E-state index in [4.69, 9.17) is 16.3 Å². The van der Waals surface area contributed by atoms with Crippen molar-refractivity contribution in [2.75, 3.05) is 0 Å². The zero-order valence-corrected chi connectivity index (χ0v) is 13.3. The van der Waals surface area contributed by atoms with Gasteiger partial charge in [0, 0.05) is 5.56 Å². The van der Waals surface area contributed by atoms with Gasteiger partial charge in [-0.1, -0.05) is 54.1 Å². The minimum atomic E-state index is -0.313. The molecule has 0 spiro atoms. The lowest BCUT2D eigenvalue weighted by atomic mass is 10.1. The number of aryl methyl sites for hydroxylation is 1. The SMILES string of the molecule is Cc1cccc(-c2nc(Cl)ccc2OCc2ccccc2)c1F. The van der Waals surface area contributed by atoms with E-state index in [1.54, 1.807) is 37.3 Å². The highest BCUT2D eigenvalue weighted by atomic mass is 35.5. The molecule has 1 aromatic heterocycles. The summed E-state index contributed by atoms with van der Waals surface area (Å²) in [5.41, 5.74) is 2.38. The number of hydrogen-bond donors (Lipinski definition) is 0. The highest BCUT2D eigenvalue weighted by molar-refractivity contribution is 6.29. The number of benzene rings is 2. The molecular formula is C19H15ClFNO. The van der Waals surface area contributed by atoms with Gasteiger partial charge in [-0.05, 0) is 36.2 Å². The topological polar surface area (TPSA) is 22.1 Å². The third-order valence-corrected chi connectivity index (χ3v) is 3.72. The Morgan fingerprint density at radius 1 is 1.00 bits per heavy atom. The summed E-state index contributed by atoms with van der Waals surface area (Å²) in [6, 6.07) is 18.3. The van der Waals surface area contributed by atoms with E-state index in [1.807, 2.05) is 30.3 Å². The molecule has 0 radical (unpaired) electrons. The normalized spacial score (nSPS) is 10.6. The van der Waals surface area contributed by atoms with Crippen molar-refractivity contribution in [3.63, 3.8) is 0 Å². The fourth-order valence-corrected chi connectivity index (χ4v) is 2.45. The van der Waals surface area contributed by atoms with Gasteiger partial charge in [-0.15, -0.1) is 0 Å². The minimum Gasteiger partial charge on any atom is -0.487 e. The number of rotatable bonds is 4. The average molecular weight is 328 g/mol. The highest BCUT2D eigenvalue weighted by Gasteiger charge is 2.15. The van der Waals surface area contributed by atoms with Crippen LogP contribution >= 0.6 is 11.6 Å². The first-order valence-corrected chi connectivity index (χ1v) is 7.61. The van der Waals surface area contributed by atoms with Crippen LogP contribution in [0.3, 0.4) is 0 Å². The molecule has 1 heterocycles. The summed E-state index contributed by atoms with van der Waals surface area (Å²) in [5.74, 6) is 0.189. The Bertz CT molecular complexity index is 821. The van der Waals surface area contributed by atoms with Crippen LogP contribution in [0.2, 0.25) is 5.15 Å². The summed E-state index contributed by atoms with van der Waals surface area (Å²) < 4.78 is 20.3. The van der Waals surface area contributed by atoms with Gasteiger partial charge in [0.2, 0.25) is 0 Å². The first kappa shape index (κ1) is 15.5. The molecule has 0 atom stereocenters. The molecule has 23 heavy (non-hydrogen) atoms. The Hall–Kier alpha value is -2.39. The van der Waals surface area contributed by atoms with Crippen molar-refractivity contribution in [2.24, 2.45) is 0 Å². The number of nitrogens with zero attached hydrogens (tertiary/aromatic N) is 1. The van der Waals surface area contributed by atoms with Gasteiger partial charge in [-0.2, -0.15) is 0 Å². The maximum atomic E-state index is 14.4. The summed E-state index contributed by atoms with van der Waals surface area (Å²) in [6.45, 7) is 2.10. The Kier molecular flexibility index (Phi) is 4.58. The molecule has 0 bridgehead atoms. The second-order valence-corrected chi connectivity index (χ2v) is 5.58. The Morgan fingerprint density at radius 3 is 2.57 bits per heavy atom. The van der Waals surface area contributed by atoms with Gasteiger partial charge < -0.3 is 4.74 Å². The zero-order valence-electron chi connectivity index (χ0n) is 12.6. The van der Waals surface area contributed by atoms with E-state index in [0.717, 1.165) is 5.56 Å². The van der Waals surface area contributed by atoms with Crippen LogP contribution in [0.25, 0.3) is 11.3 Å². The van der Waals surface area contributed by atoms with Gasteiger partial charge >= 0.3 is 0 Å². The van der Waals surface area contributed by atoms with Crippen LogP contribution in [0.1, 0.15) is 11.1 Å². The molecule has 0 N–H and O–H groups in total. The summed E-state index contributed by atoms with van der Waals surface area (Å²) >= 11 is 5.99. The number of pyridine rings is 1. The van der Waals surface area contributed by atoms with Crippen LogP contribution < -0.4 is 4.74 Å². The lowest BCUT2D eigenvalue weighted by Crippen LogP contribution is -2.00. The Balaban J connectivity index is 1.96. The fraction of sp³-hybridized carbons (Fsp3) is 0.105. The summed E-state index contributed by atoms with van der Waals surface area (Å²) in [7, 11) is 0. The number of ether oxygens (including phenoxy) is 1. The molecule has 2 aromatic carbocycles. The van der Waals surface area contributed by atoms with E-state index in [-0.39, 0.29) is 5.82 Å². The second kappa shape index (κ2) is 6.80. The van der Waals surface area contributed by atoms with Crippen LogP contribution in [0.4, 0.5) is 4.39 Å². The predicted octanol–water partition coefficient (Wildman–Crippen LogP) is 5.43. The quantitative estimate of drug-likeness (QED) is 0.596. The fourth-order valence-electron chi connectivity index (χ4n) is 2.30. The molecule has 0 amide bonds. The van der Waals surface area contributed by atoms with Crippen molar-refractivity contribution in [2.45, 2.75) is 13.5 Å². The third kappa shape index (κ3) is 3.51. The zero-order chi connectivity index (χ0) is 16.2. The molecular weight excluding hydrogens is 313 g/mol. The Labute approximate surface area is 139 Å². The molecule has 0 aliphatic heterocycles. The second-order valence-electron chi connectivity index (χ2n) is 5.19. The van der Waals surface area contributed by atoms with Gasteiger partial charge in [0.15, 0.2) is 0 Å². The summed E-state index contributed by atoms with van der Waals surface area (Å²) in [4.78, 5) is 4.26. The van der Waals surface area contributed by atoms with Crippen molar-refractivity contribution < 1.29 is 9.13 Å². The van der Waals surface area contributed by atoms with E-state index in [2.05, 4.69) is 4.98 Å². The lowest BCUT2D eigenvalue weighted by molar-refractivity contribution is 0.306. The van der Waals surface area contributed by atoms with Gasteiger partial charge in [0.1, 0.15) is 29.0 Å². The molecule has 0 fully saturated rings. The van der Waals surface area contributed by atoms with E-state index in [0.29, 0.717) is 34.3 Å². The monoisotopic (exact) mass is 327 g/mol. The molecule has 3 rings (SSSR count). The van der Waals surface area contributed by atoms with Gasteiger partial charge in [-0.25, -0.2) is 9.37 Å². The van der Waals surface area contributed by atoms with E-state index >= 15 is 0 Å². The van der Waals surface area contributed by atoms with Gasteiger partial charge in [0.25, 0.3) is 0 Å². The van der Waals surface area contributed by atoms with Crippen LogP contribution in [0.5, 0.6) is 5.75 Å². The third-order valence-electron chi connectivity index (χ3n) is 3.51. The number of hydrogen-bond acceptors (Lipinski definition) is 2. The summed E-state index contributed by atoms with van der Waals surface area (Å²) in [6.07, 6.45) is 0. The number of halogens is 2. The van der Waals surface area contributed by atoms with Crippen molar-refractivity contribution >= 4 is 11.6 Å². The maximum absolute atomic E-state index is 14.4. The molecule has 4 heteroatoms. The predicted molar refractivity (Wildman–Crippen MR) is 90.2 cm³/mol. The van der Waals surface area contributed by atoms with E-state index < -0.39 is 0 Å². The molecule has 2 nitrogen and oxygen atoms in total. The van der Waals surface area contributed by atoms with Crippen LogP contribution in [0, 0.1) is 12.7 Å². The highest BCUT2D eigenvalue weighted by Crippen LogP contribution is 2.32. The molecule has 0 aliphatic rings. The van der Waals surface area contributed by atoms with E-state index in [9.17, 15) is 4.39 Å². The van der Waals surface area contributed by atoms with Crippen LogP contribution in [0.15, 0.2) is 60.7 Å². The molecule has 0 saturated carbocycles. The van der Waals surface area contributed by atoms with Crippen molar-refractivity contribution in [1.82, 2.24) is 4.98 Å². The first-order valence-electron chi connectivity index (χ1n) is 7.24. The molecule has 0 saturated heterocycles. The Morgan fingerprint density at radius 2 is 1.78 bits per heavy atom. The van der Waals surface area contributed by atoms with Crippen molar-refractivity contribution in [1.29, 1.82) is 0 Å². The molecule has 116 valence electrons. The number of aromatic nitrogens is 1. The van der Waals surface area contributed by atoms with Gasteiger partial charge in [-0.3, -0.25) is 0 Å². The first-order chi connectivity index (χ1) is 11.1. The summed E-state index contributed by atoms with van der Waals surface area (Å²) in [5, 5.41) is 0.299. The van der Waals surface area contributed by atoms with Crippen molar-refractivity contribution in [3.05, 3.63) is 82.8 Å².